The smallest absolute Gasteiger partial charge is 0.237 e. The van der Waals surface area contributed by atoms with Crippen LogP contribution in [0.25, 0.3) is 5.69 Å². The molecule has 1 N–H and O–H groups in total. The van der Waals surface area contributed by atoms with Crippen LogP contribution in [0.1, 0.15) is 6.92 Å². The molecule has 0 radical (unpaired) electrons. The molecule has 122 valence electrons. The van der Waals surface area contributed by atoms with Crippen LogP contribution in [0.15, 0.2) is 66.1 Å². The molecule has 1 amide bonds. The Morgan fingerprint density at radius 2 is 2.00 bits per heavy atom. The summed E-state index contributed by atoms with van der Waals surface area (Å²) in [6.07, 6.45) is 1.64. The van der Waals surface area contributed by atoms with E-state index in [1.54, 1.807) is 30.6 Å². The number of amides is 1. The lowest BCUT2D eigenvalue weighted by Gasteiger charge is -2.12. The summed E-state index contributed by atoms with van der Waals surface area (Å²) in [5, 5.41) is 11.8. The van der Waals surface area contributed by atoms with Gasteiger partial charge in [-0.3, -0.25) is 9.36 Å². The van der Waals surface area contributed by atoms with Crippen molar-refractivity contribution in [2.24, 2.45) is 0 Å². The van der Waals surface area contributed by atoms with Crippen LogP contribution in [0.4, 0.5) is 5.69 Å². The molecule has 0 fully saturated rings. The van der Waals surface area contributed by atoms with E-state index in [0.29, 0.717) is 15.9 Å². The summed E-state index contributed by atoms with van der Waals surface area (Å²) < 4.78 is 1.85. The molecule has 1 heterocycles. The zero-order valence-corrected chi connectivity index (χ0v) is 14.5. The number of nitrogens with one attached hydrogen (secondary N) is 1. The minimum Gasteiger partial charge on any atom is -0.325 e. The highest BCUT2D eigenvalue weighted by atomic mass is 35.5. The van der Waals surface area contributed by atoms with Gasteiger partial charge in [0.1, 0.15) is 6.33 Å². The van der Waals surface area contributed by atoms with Crippen molar-refractivity contribution in [2.75, 3.05) is 5.32 Å². The summed E-state index contributed by atoms with van der Waals surface area (Å²) >= 11 is 7.28. The normalized spacial score (nSPS) is 11.9. The lowest BCUT2D eigenvalue weighted by molar-refractivity contribution is -0.115. The Labute approximate surface area is 149 Å². The predicted octanol–water partition coefficient (Wildman–Crippen LogP) is 4.04. The van der Waals surface area contributed by atoms with Gasteiger partial charge in [0, 0.05) is 16.4 Å². The quantitative estimate of drug-likeness (QED) is 0.699. The molecule has 3 rings (SSSR count). The van der Waals surface area contributed by atoms with Crippen LogP contribution in [-0.2, 0) is 4.79 Å². The Bertz CT molecular complexity index is 837. The first-order valence-electron chi connectivity index (χ1n) is 7.32. The van der Waals surface area contributed by atoms with Crippen LogP contribution in [0.5, 0.6) is 0 Å². The molecule has 0 spiro atoms. The average Bonchev–Trinajstić information content (AvgIpc) is 3.03. The Morgan fingerprint density at radius 3 is 2.75 bits per heavy atom. The third kappa shape index (κ3) is 3.96. The number of hydrogen-bond donors (Lipinski definition) is 1. The highest BCUT2D eigenvalue weighted by Gasteiger charge is 2.18. The maximum absolute atomic E-state index is 12.4. The molecule has 0 saturated carbocycles. The van der Waals surface area contributed by atoms with Gasteiger partial charge in [-0.2, -0.15) is 0 Å². The van der Waals surface area contributed by atoms with Crippen molar-refractivity contribution in [3.05, 3.63) is 65.9 Å². The van der Waals surface area contributed by atoms with E-state index in [2.05, 4.69) is 15.5 Å². The van der Waals surface area contributed by atoms with Crippen molar-refractivity contribution < 1.29 is 4.79 Å². The van der Waals surface area contributed by atoms with E-state index in [1.807, 2.05) is 41.8 Å². The van der Waals surface area contributed by atoms with Gasteiger partial charge in [-0.25, -0.2) is 0 Å². The molecule has 24 heavy (non-hydrogen) atoms. The lowest BCUT2D eigenvalue weighted by atomic mass is 10.3. The molecule has 0 aliphatic heterocycles. The fourth-order valence-electron chi connectivity index (χ4n) is 2.09. The fourth-order valence-corrected chi connectivity index (χ4v) is 3.13. The molecule has 2 aromatic carbocycles. The van der Waals surface area contributed by atoms with Crippen LogP contribution < -0.4 is 5.32 Å². The van der Waals surface area contributed by atoms with E-state index in [-0.39, 0.29) is 11.2 Å². The van der Waals surface area contributed by atoms with Crippen molar-refractivity contribution in [1.82, 2.24) is 14.8 Å². The van der Waals surface area contributed by atoms with Crippen molar-refractivity contribution in [2.45, 2.75) is 17.3 Å². The maximum Gasteiger partial charge on any atom is 0.237 e. The molecule has 1 aromatic heterocycles. The van der Waals surface area contributed by atoms with E-state index >= 15 is 0 Å². The number of halogens is 1. The van der Waals surface area contributed by atoms with Gasteiger partial charge in [0.05, 0.1) is 5.25 Å². The average molecular weight is 359 g/mol. The number of rotatable bonds is 5. The lowest BCUT2D eigenvalue weighted by Crippen LogP contribution is -2.22. The van der Waals surface area contributed by atoms with Gasteiger partial charge in [0.15, 0.2) is 5.16 Å². The van der Waals surface area contributed by atoms with E-state index in [4.69, 9.17) is 11.6 Å². The molecule has 0 aliphatic rings. The number of carbonyl (C=O) groups is 1. The molecular formula is C17H15ClN4OS. The van der Waals surface area contributed by atoms with Crippen LogP contribution in [0.2, 0.25) is 5.02 Å². The number of benzene rings is 2. The largest absolute Gasteiger partial charge is 0.325 e. The minimum absolute atomic E-state index is 0.120. The Morgan fingerprint density at radius 1 is 1.21 bits per heavy atom. The van der Waals surface area contributed by atoms with Gasteiger partial charge in [-0.05, 0) is 37.3 Å². The predicted molar refractivity (Wildman–Crippen MR) is 96.8 cm³/mol. The summed E-state index contributed by atoms with van der Waals surface area (Å²) in [7, 11) is 0. The monoisotopic (exact) mass is 358 g/mol. The number of nitrogens with zero attached hydrogens (tertiary/aromatic N) is 3. The van der Waals surface area contributed by atoms with Crippen LogP contribution in [0.3, 0.4) is 0 Å². The summed E-state index contributed by atoms with van der Waals surface area (Å²) in [6, 6.07) is 16.8. The molecule has 0 unspecified atom stereocenters. The van der Waals surface area contributed by atoms with E-state index in [9.17, 15) is 4.79 Å². The SMILES string of the molecule is C[C@H](Sc1nncn1-c1ccccc1)C(=O)Nc1cccc(Cl)c1. The topological polar surface area (TPSA) is 59.8 Å². The van der Waals surface area contributed by atoms with Gasteiger partial charge >= 0.3 is 0 Å². The van der Waals surface area contributed by atoms with Crippen molar-refractivity contribution in [3.8, 4) is 5.69 Å². The van der Waals surface area contributed by atoms with Crippen LogP contribution in [-0.4, -0.2) is 25.9 Å². The molecule has 0 saturated heterocycles. The van der Waals surface area contributed by atoms with Crippen molar-refractivity contribution >= 4 is 35.0 Å². The van der Waals surface area contributed by atoms with Crippen molar-refractivity contribution in [1.29, 1.82) is 0 Å². The Hall–Kier alpha value is -2.31. The van der Waals surface area contributed by atoms with E-state index < -0.39 is 0 Å². The molecule has 0 aliphatic carbocycles. The van der Waals surface area contributed by atoms with Gasteiger partial charge < -0.3 is 5.32 Å². The van der Waals surface area contributed by atoms with Crippen molar-refractivity contribution in [3.63, 3.8) is 0 Å². The summed E-state index contributed by atoms with van der Waals surface area (Å²) in [5.74, 6) is -0.120. The summed E-state index contributed by atoms with van der Waals surface area (Å²) in [4.78, 5) is 12.4. The van der Waals surface area contributed by atoms with E-state index in [0.717, 1.165) is 5.69 Å². The van der Waals surface area contributed by atoms with Gasteiger partial charge in [-0.15, -0.1) is 10.2 Å². The second-order valence-electron chi connectivity index (χ2n) is 5.08. The van der Waals surface area contributed by atoms with Gasteiger partial charge in [-0.1, -0.05) is 47.6 Å². The fraction of sp³-hybridized carbons (Fsp3) is 0.118. The summed E-state index contributed by atoms with van der Waals surface area (Å²) in [5.41, 5.74) is 1.62. The number of hydrogen-bond acceptors (Lipinski definition) is 4. The second-order valence-corrected chi connectivity index (χ2v) is 6.82. The standard InChI is InChI=1S/C17H15ClN4OS/c1-12(16(23)20-14-7-5-6-13(18)10-14)24-17-21-19-11-22(17)15-8-3-2-4-9-15/h2-12H,1H3,(H,20,23)/t12-/m0/s1. The second kappa shape index (κ2) is 7.51. The van der Waals surface area contributed by atoms with Crippen LogP contribution >= 0.6 is 23.4 Å². The first-order chi connectivity index (χ1) is 11.6. The Kier molecular flexibility index (Phi) is 5.17. The number of carbonyl (C=O) groups excluding carboxylic acids is 1. The molecule has 3 aromatic rings. The molecule has 7 heteroatoms. The highest BCUT2D eigenvalue weighted by Crippen LogP contribution is 2.25. The number of para-hydroxylation sites is 1. The van der Waals surface area contributed by atoms with Crippen LogP contribution in [0, 0.1) is 0 Å². The highest BCUT2D eigenvalue weighted by molar-refractivity contribution is 8.00. The zero-order chi connectivity index (χ0) is 16.9. The molecule has 1 atom stereocenters. The number of anilines is 1. The Balaban J connectivity index is 1.70. The number of aromatic nitrogens is 3. The molecular weight excluding hydrogens is 344 g/mol. The first kappa shape index (κ1) is 16.5. The summed E-state index contributed by atoms with van der Waals surface area (Å²) in [6.45, 7) is 1.83. The maximum atomic E-state index is 12.4. The zero-order valence-electron chi connectivity index (χ0n) is 12.9. The van der Waals surface area contributed by atoms with E-state index in [1.165, 1.54) is 11.8 Å². The van der Waals surface area contributed by atoms with Gasteiger partial charge in [0.25, 0.3) is 0 Å². The third-order valence-electron chi connectivity index (χ3n) is 3.29. The number of thioether (sulfide) groups is 1. The molecule has 5 nitrogen and oxygen atoms in total. The van der Waals surface area contributed by atoms with Gasteiger partial charge in [0.2, 0.25) is 5.91 Å². The minimum atomic E-state index is -0.337. The third-order valence-corrected chi connectivity index (χ3v) is 4.59. The molecule has 0 bridgehead atoms. The first-order valence-corrected chi connectivity index (χ1v) is 8.58.